The number of hydrogen-bond donors (Lipinski definition) is 0. The zero-order valence-corrected chi connectivity index (χ0v) is 15.3. The van der Waals surface area contributed by atoms with E-state index in [4.69, 9.17) is 9.47 Å². The Kier molecular flexibility index (Phi) is 4.87. The standard InChI is InChI=1S/C20H27NO4/c1-19(2)14-20(11-13-25-19,15-4-6-16(24-3)7-5-15)10-12-21-17(22)8-9-18(21)23/h4-7H,8-14H2,1-3H3/t20-/m0/s1. The van der Waals surface area contributed by atoms with E-state index in [0.29, 0.717) is 26.0 Å². The van der Waals surface area contributed by atoms with Crippen molar-refractivity contribution < 1.29 is 19.1 Å². The van der Waals surface area contributed by atoms with Gasteiger partial charge < -0.3 is 9.47 Å². The van der Waals surface area contributed by atoms with Crippen molar-refractivity contribution in [2.45, 2.75) is 57.0 Å². The van der Waals surface area contributed by atoms with Gasteiger partial charge in [0.05, 0.1) is 12.7 Å². The second kappa shape index (κ2) is 6.79. The number of likely N-dealkylation sites (tertiary alicyclic amines) is 1. The van der Waals surface area contributed by atoms with Crippen LogP contribution in [0.1, 0.15) is 51.5 Å². The lowest BCUT2D eigenvalue weighted by atomic mass is 9.67. The molecule has 2 aliphatic rings. The highest BCUT2D eigenvalue weighted by Gasteiger charge is 2.43. The molecular weight excluding hydrogens is 318 g/mol. The summed E-state index contributed by atoms with van der Waals surface area (Å²) >= 11 is 0. The van der Waals surface area contributed by atoms with Crippen LogP contribution in [0.4, 0.5) is 0 Å². The van der Waals surface area contributed by atoms with Crippen molar-refractivity contribution in [3.63, 3.8) is 0 Å². The summed E-state index contributed by atoms with van der Waals surface area (Å²) in [6.07, 6.45) is 3.22. The summed E-state index contributed by atoms with van der Waals surface area (Å²) < 4.78 is 11.2. The largest absolute Gasteiger partial charge is 0.497 e. The third-order valence-corrected chi connectivity index (χ3v) is 5.51. The zero-order chi connectivity index (χ0) is 18.1. The summed E-state index contributed by atoms with van der Waals surface area (Å²) in [5.41, 5.74) is 0.901. The number of nitrogens with zero attached hydrogens (tertiary/aromatic N) is 1. The Labute approximate surface area is 149 Å². The van der Waals surface area contributed by atoms with E-state index in [1.165, 1.54) is 10.5 Å². The number of hydrogen-bond acceptors (Lipinski definition) is 4. The maximum absolute atomic E-state index is 12.0. The van der Waals surface area contributed by atoms with Gasteiger partial charge in [-0.05, 0) is 50.8 Å². The van der Waals surface area contributed by atoms with E-state index in [2.05, 4.69) is 26.0 Å². The smallest absolute Gasteiger partial charge is 0.229 e. The van der Waals surface area contributed by atoms with Crippen molar-refractivity contribution in [1.29, 1.82) is 0 Å². The molecule has 3 rings (SSSR count). The molecule has 2 saturated heterocycles. The molecule has 0 saturated carbocycles. The minimum atomic E-state index is -0.225. The maximum Gasteiger partial charge on any atom is 0.229 e. The highest BCUT2D eigenvalue weighted by atomic mass is 16.5. The number of imide groups is 1. The SMILES string of the molecule is COc1ccc([C@@]2(CCN3C(=O)CCC3=O)CCOC(C)(C)C2)cc1. The number of benzene rings is 1. The van der Waals surface area contributed by atoms with E-state index in [0.717, 1.165) is 25.0 Å². The Bertz CT molecular complexity index is 636. The van der Waals surface area contributed by atoms with Gasteiger partial charge in [-0.25, -0.2) is 0 Å². The molecule has 0 aliphatic carbocycles. The lowest BCUT2D eigenvalue weighted by Crippen LogP contribution is -2.46. The molecule has 1 aromatic rings. The van der Waals surface area contributed by atoms with Crippen LogP contribution in [0.15, 0.2) is 24.3 Å². The Morgan fingerprint density at radius 1 is 1.12 bits per heavy atom. The first-order valence-electron chi connectivity index (χ1n) is 8.97. The van der Waals surface area contributed by atoms with Gasteiger partial charge in [-0.1, -0.05) is 12.1 Å². The summed E-state index contributed by atoms with van der Waals surface area (Å²) in [7, 11) is 1.66. The van der Waals surface area contributed by atoms with Crippen LogP contribution in [0.3, 0.4) is 0 Å². The van der Waals surface area contributed by atoms with Crippen LogP contribution in [0.5, 0.6) is 5.75 Å². The van der Waals surface area contributed by atoms with Crippen LogP contribution >= 0.6 is 0 Å². The molecule has 0 unspecified atom stereocenters. The van der Waals surface area contributed by atoms with Gasteiger partial charge in [-0.15, -0.1) is 0 Å². The third-order valence-electron chi connectivity index (χ3n) is 5.51. The minimum absolute atomic E-state index is 0.0406. The van der Waals surface area contributed by atoms with Crippen molar-refractivity contribution in [2.24, 2.45) is 0 Å². The van der Waals surface area contributed by atoms with Crippen molar-refractivity contribution in [2.75, 3.05) is 20.3 Å². The Morgan fingerprint density at radius 2 is 1.76 bits per heavy atom. The molecule has 2 heterocycles. The second-order valence-corrected chi connectivity index (χ2v) is 7.73. The molecule has 2 fully saturated rings. The topological polar surface area (TPSA) is 55.8 Å². The first-order chi connectivity index (χ1) is 11.9. The van der Waals surface area contributed by atoms with Crippen LogP contribution in [0, 0.1) is 0 Å². The summed E-state index contributed by atoms with van der Waals surface area (Å²) in [6, 6.07) is 8.17. The molecule has 0 aromatic heterocycles. The maximum atomic E-state index is 12.0. The Balaban J connectivity index is 1.86. The molecule has 5 nitrogen and oxygen atoms in total. The van der Waals surface area contributed by atoms with Crippen molar-refractivity contribution in [3.05, 3.63) is 29.8 Å². The fourth-order valence-corrected chi connectivity index (χ4v) is 4.22. The predicted octanol–water partition coefficient (Wildman–Crippen LogP) is 3.06. The first kappa shape index (κ1) is 17.9. The van der Waals surface area contributed by atoms with Crippen molar-refractivity contribution in [1.82, 2.24) is 4.90 Å². The van der Waals surface area contributed by atoms with Gasteiger partial charge in [0.2, 0.25) is 11.8 Å². The van der Waals surface area contributed by atoms with Gasteiger partial charge in [0.1, 0.15) is 5.75 Å². The highest BCUT2D eigenvalue weighted by Crippen LogP contribution is 2.44. The van der Waals surface area contributed by atoms with Gasteiger partial charge in [0.15, 0.2) is 0 Å². The van der Waals surface area contributed by atoms with E-state index in [1.807, 2.05) is 12.1 Å². The number of ether oxygens (including phenoxy) is 2. The fraction of sp³-hybridized carbons (Fsp3) is 0.600. The molecule has 25 heavy (non-hydrogen) atoms. The van der Waals surface area contributed by atoms with E-state index >= 15 is 0 Å². The number of carbonyl (C=O) groups is 2. The molecule has 0 spiro atoms. The molecule has 2 aliphatic heterocycles. The van der Waals surface area contributed by atoms with Crippen molar-refractivity contribution in [3.8, 4) is 5.75 Å². The number of rotatable bonds is 5. The molecule has 2 amide bonds. The molecule has 0 bridgehead atoms. The summed E-state index contributed by atoms with van der Waals surface area (Å²) in [5, 5.41) is 0. The van der Waals surface area contributed by atoms with Crippen molar-refractivity contribution >= 4 is 11.8 Å². The van der Waals surface area contributed by atoms with Crippen LogP contribution in [0.2, 0.25) is 0 Å². The summed E-state index contributed by atoms with van der Waals surface area (Å²) in [5.74, 6) is 0.748. The van der Waals surface area contributed by atoms with Crippen LogP contribution < -0.4 is 4.74 Å². The molecule has 1 atom stereocenters. The quantitative estimate of drug-likeness (QED) is 0.770. The number of amides is 2. The van der Waals surface area contributed by atoms with Crippen LogP contribution in [-0.4, -0.2) is 42.6 Å². The van der Waals surface area contributed by atoms with E-state index in [-0.39, 0.29) is 22.8 Å². The molecule has 0 radical (unpaired) electrons. The normalized spacial score (nSPS) is 26.1. The first-order valence-corrected chi connectivity index (χ1v) is 8.97. The van der Waals surface area contributed by atoms with E-state index in [9.17, 15) is 9.59 Å². The average molecular weight is 345 g/mol. The number of carbonyl (C=O) groups excluding carboxylic acids is 2. The van der Waals surface area contributed by atoms with E-state index < -0.39 is 0 Å². The van der Waals surface area contributed by atoms with Gasteiger partial charge in [0.25, 0.3) is 0 Å². The third kappa shape index (κ3) is 3.71. The molecule has 136 valence electrons. The zero-order valence-electron chi connectivity index (χ0n) is 15.3. The second-order valence-electron chi connectivity index (χ2n) is 7.73. The highest BCUT2D eigenvalue weighted by molar-refractivity contribution is 6.01. The minimum Gasteiger partial charge on any atom is -0.497 e. The van der Waals surface area contributed by atoms with Gasteiger partial charge in [-0.2, -0.15) is 0 Å². The predicted molar refractivity (Wildman–Crippen MR) is 94.5 cm³/mol. The van der Waals surface area contributed by atoms with Crippen LogP contribution in [-0.2, 0) is 19.7 Å². The lowest BCUT2D eigenvalue weighted by Gasteiger charge is -2.46. The summed E-state index contributed by atoms with van der Waals surface area (Å²) in [4.78, 5) is 25.4. The van der Waals surface area contributed by atoms with Gasteiger partial charge >= 0.3 is 0 Å². The Hall–Kier alpha value is -1.88. The monoisotopic (exact) mass is 345 g/mol. The molecule has 0 N–H and O–H groups in total. The molecule has 5 heteroatoms. The molecule has 1 aromatic carbocycles. The molecular formula is C20H27NO4. The Morgan fingerprint density at radius 3 is 2.32 bits per heavy atom. The van der Waals surface area contributed by atoms with E-state index in [1.54, 1.807) is 7.11 Å². The lowest BCUT2D eigenvalue weighted by molar-refractivity contribution is -0.139. The number of methoxy groups -OCH3 is 1. The summed E-state index contributed by atoms with van der Waals surface area (Å²) in [6.45, 7) is 5.38. The fourth-order valence-electron chi connectivity index (χ4n) is 4.22. The van der Waals surface area contributed by atoms with Gasteiger partial charge in [0, 0.05) is 31.4 Å². The average Bonchev–Trinajstić information content (AvgIpc) is 2.90. The van der Waals surface area contributed by atoms with Gasteiger partial charge in [-0.3, -0.25) is 14.5 Å². The van der Waals surface area contributed by atoms with Crippen LogP contribution in [0.25, 0.3) is 0 Å².